The van der Waals surface area contributed by atoms with Crippen LogP contribution in [0.3, 0.4) is 0 Å². The number of carboxylic acids is 1. The molecule has 20 heavy (non-hydrogen) atoms. The van der Waals surface area contributed by atoms with E-state index < -0.39 is 5.97 Å². The Kier molecular flexibility index (Phi) is 4.55. The van der Waals surface area contributed by atoms with Gasteiger partial charge in [-0.25, -0.2) is 9.18 Å². The predicted octanol–water partition coefficient (Wildman–Crippen LogP) is 3.01. The number of hydrogen-bond donors (Lipinski definition) is 2. The largest absolute Gasteiger partial charge is 0.491 e. The van der Waals surface area contributed by atoms with Gasteiger partial charge >= 0.3 is 5.97 Å². The smallest absolute Gasteiger partial charge is 0.339 e. The molecule has 0 aliphatic heterocycles. The zero-order valence-corrected chi connectivity index (χ0v) is 10.7. The number of aromatic carboxylic acids is 1. The molecule has 0 spiro atoms. The minimum atomic E-state index is -1.04. The van der Waals surface area contributed by atoms with Crippen LogP contribution >= 0.6 is 0 Å². The Bertz CT molecular complexity index is 601. The molecule has 0 aromatic heterocycles. The molecular formula is C15H14FNO3. The van der Waals surface area contributed by atoms with Crippen LogP contribution in [0.5, 0.6) is 5.75 Å². The first kappa shape index (κ1) is 13.9. The summed E-state index contributed by atoms with van der Waals surface area (Å²) in [7, 11) is 0. The van der Waals surface area contributed by atoms with Crippen molar-refractivity contribution in [3.05, 3.63) is 59.9 Å². The van der Waals surface area contributed by atoms with E-state index in [0.717, 1.165) is 0 Å². The summed E-state index contributed by atoms with van der Waals surface area (Å²) in [5.74, 6) is -1.07. The van der Waals surface area contributed by atoms with Gasteiger partial charge in [0, 0.05) is 6.54 Å². The number of carboxylic acid groups (broad SMARTS) is 1. The lowest BCUT2D eigenvalue weighted by molar-refractivity contribution is 0.0692. The molecule has 0 saturated heterocycles. The van der Waals surface area contributed by atoms with Crippen LogP contribution in [-0.2, 0) is 0 Å². The highest BCUT2D eigenvalue weighted by molar-refractivity contribution is 5.90. The number of anilines is 1. The van der Waals surface area contributed by atoms with Gasteiger partial charge in [-0.05, 0) is 24.3 Å². The van der Waals surface area contributed by atoms with E-state index in [1.807, 2.05) is 0 Å². The van der Waals surface area contributed by atoms with Crippen molar-refractivity contribution in [2.75, 3.05) is 18.5 Å². The molecule has 4 nitrogen and oxygen atoms in total. The van der Waals surface area contributed by atoms with Crippen molar-refractivity contribution < 1.29 is 19.0 Å². The first-order chi connectivity index (χ1) is 9.68. The first-order valence-corrected chi connectivity index (χ1v) is 6.12. The van der Waals surface area contributed by atoms with E-state index in [1.54, 1.807) is 36.4 Å². The third-order valence-electron chi connectivity index (χ3n) is 2.67. The van der Waals surface area contributed by atoms with E-state index >= 15 is 0 Å². The number of hydrogen-bond acceptors (Lipinski definition) is 3. The van der Waals surface area contributed by atoms with Crippen LogP contribution in [0.15, 0.2) is 48.5 Å². The van der Waals surface area contributed by atoms with Gasteiger partial charge in [0.05, 0.1) is 5.69 Å². The molecule has 0 atom stereocenters. The monoisotopic (exact) mass is 275 g/mol. The number of para-hydroxylation sites is 2. The van der Waals surface area contributed by atoms with Gasteiger partial charge in [-0.1, -0.05) is 24.3 Å². The Morgan fingerprint density at radius 1 is 1.15 bits per heavy atom. The van der Waals surface area contributed by atoms with Crippen molar-refractivity contribution in [1.29, 1.82) is 0 Å². The zero-order chi connectivity index (χ0) is 14.4. The van der Waals surface area contributed by atoms with Crippen LogP contribution in [0.25, 0.3) is 0 Å². The Balaban J connectivity index is 1.88. The molecule has 104 valence electrons. The van der Waals surface area contributed by atoms with Gasteiger partial charge in [-0.15, -0.1) is 0 Å². The average Bonchev–Trinajstić information content (AvgIpc) is 2.45. The summed E-state index contributed by atoms with van der Waals surface area (Å²) in [6, 6.07) is 12.7. The summed E-state index contributed by atoms with van der Waals surface area (Å²) in [5.41, 5.74) is 0.501. The number of halogens is 1. The fraction of sp³-hybridized carbons (Fsp3) is 0.133. The molecular weight excluding hydrogens is 261 g/mol. The van der Waals surface area contributed by atoms with Crippen molar-refractivity contribution in [1.82, 2.24) is 0 Å². The van der Waals surface area contributed by atoms with Crippen LogP contribution in [-0.4, -0.2) is 24.2 Å². The van der Waals surface area contributed by atoms with Gasteiger partial charge in [0.25, 0.3) is 0 Å². The molecule has 2 aromatic carbocycles. The fourth-order valence-corrected chi connectivity index (χ4v) is 1.72. The second-order valence-corrected chi connectivity index (χ2v) is 4.06. The van der Waals surface area contributed by atoms with E-state index in [-0.39, 0.29) is 18.0 Å². The van der Waals surface area contributed by atoms with Gasteiger partial charge in [0.1, 0.15) is 23.7 Å². The molecule has 0 aliphatic rings. The first-order valence-electron chi connectivity index (χ1n) is 6.12. The van der Waals surface area contributed by atoms with Crippen LogP contribution in [0.4, 0.5) is 10.1 Å². The van der Waals surface area contributed by atoms with Crippen LogP contribution < -0.4 is 10.1 Å². The standard InChI is InChI=1S/C15H14FNO3/c16-12-6-2-3-7-13(12)17-9-10-20-14-8-4-1-5-11(14)15(18)19/h1-8,17H,9-10H2,(H,18,19). The molecule has 2 rings (SSSR count). The normalized spacial score (nSPS) is 10.1. The Hall–Kier alpha value is -2.56. The molecule has 2 N–H and O–H groups in total. The van der Waals surface area contributed by atoms with Crippen molar-refractivity contribution in [2.45, 2.75) is 0 Å². The minimum absolute atomic E-state index is 0.110. The van der Waals surface area contributed by atoms with Gasteiger partial charge < -0.3 is 15.2 Å². The SMILES string of the molecule is O=C(O)c1ccccc1OCCNc1ccccc1F. The summed E-state index contributed by atoms with van der Waals surface area (Å²) < 4.78 is 18.7. The molecule has 0 aliphatic carbocycles. The van der Waals surface area contributed by atoms with Crippen LogP contribution in [0.2, 0.25) is 0 Å². The molecule has 5 heteroatoms. The van der Waals surface area contributed by atoms with Crippen molar-refractivity contribution in [2.24, 2.45) is 0 Å². The van der Waals surface area contributed by atoms with E-state index in [0.29, 0.717) is 18.0 Å². The maximum Gasteiger partial charge on any atom is 0.339 e. The Morgan fingerprint density at radius 2 is 1.85 bits per heavy atom. The average molecular weight is 275 g/mol. The predicted molar refractivity (Wildman–Crippen MR) is 73.8 cm³/mol. The van der Waals surface area contributed by atoms with Crippen molar-refractivity contribution >= 4 is 11.7 Å². The minimum Gasteiger partial charge on any atom is -0.491 e. The van der Waals surface area contributed by atoms with E-state index in [2.05, 4.69) is 5.32 Å². The molecule has 0 radical (unpaired) electrons. The lowest BCUT2D eigenvalue weighted by Gasteiger charge is -2.10. The number of rotatable bonds is 6. The van der Waals surface area contributed by atoms with E-state index in [9.17, 15) is 9.18 Å². The summed E-state index contributed by atoms with van der Waals surface area (Å²) >= 11 is 0. The lowest BCUT2D eigenvalue weighted by Crippen LogP contribution is -2.13. The molecule has 0 bridgehead atoms. The van der Waals surface area contributed by atoms with Crippen molar-refractivity contribution in [3.63, 3.8) is 0 Å². The van der Waals surface area contributed by atoms with Gasteiger partial charge in [-0.2, -0.15) is 0 Å². The topological polar surface area (TPSA) is 58.6 Å². The van der Waals surface area contributed by atoms with Gasteiger partial charge in [0.2, 0.25) is 0 Å². The molecule has 0 amide bonds. The fourth-order valence-electron chi connectivity index (χ4n) is 1.72. The highest BCUT2D eigenvalue weighted by Crippen LogP contribution is 2.17. The number of ether oxygens (including phenoxy) is 1. The maximum atomic E-state index is 13.3. The number of nitrogens with one attached hydrogen (secondary N) is 1. The van der Waals surface area contributed by atoms with Crippen LogP contribution in [0.1, 0.15) is 10.4 Å². The second kappa shape index (κ2) is 6.56. The highest BCUT2D eigenvalue weighted by Gasteiger charge is 2.09. The quantitative estimate of drug-likeness (QED) is 0.796. The van der Waals surface area contributed by atoms with Gasteiger partial charge in [-0.3, -0.25) is 0 Å². The van der Waals surface area contributed by atoms with Gasteiger partial charge in [0.15, 0.2) is 0 Å². The Labute approximate surface area is 115 Å². The number of benzene rings is 2. The van der Waals surface area contributed by atoms with E-state index in [4.69, 9.17) is 9.84 Å². The summed E-state index contributed by atoms with van der Waals surface area (Å²) in [6.07, 6.45) is 0. The third-order valence-corrected chi connectivity index (χ3v) is 2.67. The molecule has 0 unspecified atom stereocenters. The second-order valence-electron chi connectivity index (χ2n) is 4.06. The molecule has 0 saturated carbocycles. The van der Waals surface area contributed by atoms with E-state index in [1.165, 1.54) is 12.1 Å². The molecule has 0 heterocycles. The number of carbonyl (C=O) groups is 1. The summed E-state index contributed by atoms with van der Waals surface area (Å²) in [6.45, 7) is 0.605. The highest BCUT2D eigenvalue weighted by atomic mass is 19.1. The third kappa shape index (κ3) is 3.47. The summed E-state index contributed by atoms with van der Waals surface area (Å²) in [5, 5.41) is 11.9. The summed E-state index contributed by atoms with van der Waals surface area (Å²) in [4.78, 5) is 11.0. The molecule has 2 aromatic rings. The van der Waals surface area contributed by atoms with Crippen molar-refractivity contribution in [3.8, 4) is 5.75 Å². The van der Waals surface area contributed by atoms with Crippen LogP contribution in [0, 0.1) is 5.82 Å². The lowest BCUT2D eigenvalue weighted by atomic mass is 10.2. The Morgan fingerprint density at radius 3 is 2.60 bits per heavy atom. The zero-order valence-electron chi connectivity index (χ0n) is 10.7. The molecule has 0 fully saturated rings. The maximum absolute atomic E-state index is 13.3.